The Labute approximate surface area is 121 Å². The molecule has 0 unspecified atom stereocenters. The van der Waals surface area contributed by atoms with Crippen molar-refractivity contribution in [3.63, 3.8) is 0 Å². The number of rotatable bonds is 6. The number of hydrogen-bond donors (Lipinski definition) is 1. The number of nitrogens with zero attached hydrogens (tertiary/aromatic N) is 1. The van der Waals surface area contributed by atoms with Crippen LogP contribution in [0.15, 0.2) is 42.5 Å². The topological polar surface area (TPSA) is 64.4 Å². The van der Waals surface area contributed by atoms with Crippen molar-refractivity contribution in [2.75, 3.05) is 12.4 Å². The smallest absolute Gasteiger partial charge is 0.306 e. The standard InChI is InChI=1S/C15H15FN2O3/c1-21-10-12-4-2-3-11(7-12)9-17-13-5-6-14(16)15(8-13)18(19)20/h2-8,17H,9-10H2,1H3. The summed E-state index contributed by atoms with van der Waals surface area (Å²) in [6.07, 6.45) is 0. The maximum atomic E-state index is 13.2. The maximum Gasteiger partial charge on any atom is 0.306 e. The van der Waals surface area contributed by atoms with Gasteiger partial charge in [-0.2, -0.15) is 4.39 Å². The summed E-state index contributed by atoms with van der Waals surface area (Å²) in [5.41, 5.74) is 2.02. The zero-order valence-corrected chi connectivity index (χ0v) is 11.5. The van der Waals surface area contributed by atoms with E-state index in [1.54, 1.807) is 7.11 Å². The zero-order valence-electron chi connectivity index (χ0n) is 11.5. The molecule has 2 rings (SSSR count). The number of benzene rings is 2. The van der Waals surface area contributed by atoms with Gasteiger partial charge in [-0.3, -0.25) is 10.1 Å². The average molecular weight is 290 g/mol. The Morgan fingerprint density at radius 1 is 1.24 bits per heavy atom. The summed E-state index contributed by atoms with van der Waals surface area (Å²) in [7, 11) is 1.63. The molecule has 0 heterocycles. The molecular weight excluding hydrogens is 275 g/mol. The van der Waals surface area contributed by atoms with E-state index in [1.165, 1.54) is 12.1 Å². The highest BCUT2D eigenvalue weighted by Crippen LogP contribution is 2.22. The van der Waals surface area contributed by atoms with Gasteiger partial charge in [-0.1, -0.05) is 24.3 Å². The lowest BCUT2D eigenvalue weighted by atomic mass is 10.1. The van der Waals surface area contributed by atoms with Crippen molar-refractivity contribution >= 4 is 11.4 Å². The summed E-state index contributed by atoms with van der Waals surface area (Å²) in [6.45, 7) is 1.01. The van der Waals surface area contributed by atoms with Crippen molar-refractivity contribution in [3.8, 4) is 0 Å². The summed E-state index contributed by atoms with van der Waals surface area (Å²) < 4.78 is 18.3. The van der Waals surface area contributed by atoms with Gasteiger partial charge in [0.15, 0.2) is 0 Å². The second-order valence-electron chi connectivity index (χ2n) is 4.53. The molecule has 6 heteroatoms. The van der Waals surface area contributed by atoms with Crippen LogP contribution < -0.4 is 5.32 Å². The van der Waals surface area contributed by atoms with E-state index in [9.17, 15) is 14.5 Å². The predicted molar refractivity (Wildman–Crippen MR) is 77.5 cm³/mol. The molecule has 0 spiro atoms. The minimum atomic E-state index is -0.840. The van der Waals surface area contributed by atoms with Crippen molar-refractivity contribution in [2.45, 2.75) is 13.2 Å². The molecule has 0 aliphatic rings. The number of nitro benzene ring substituents is 1. The first kappa shape index (κ1) is 14.9. The van der Waals surface area contributed by atoms with E-state index < -0.39 is 16.4 Å². The Balaban J connectivity index is 2.07. The molecule has 0 aromatic heterocycles. The maximum absolute atomic E-state index is 13.2. The van der Waals surface area contributed by atoms with E-state index in [-0.39, 0.29) is 0 Å². The Morgan fingerprint density at radius 3 is 2.71 bits per heavy atom. The van der Waals surface area contributed by atoms with Gasteiger partial charge in [0, 0.05) is 25.4 Å². The normalized spacial score (nSPS) is 10.4. The quantitative estimate of drug-likeness (QED) is 0.653. The number of nitro groups is 1. The van der Waals surface area contributed by atoms with E-state index in [1.807, 2.05) is 24.3 Å². The van der Waals surface area contributed by atoms with Crippen LogP contribution >= 0.6 is 0 Å². The van der Waals surface area contributed by atoms with Crippen LogP contribution in [0.4, 0.5) is 15.8 Å². The van der Waals surface area contributed by atoms with Gasteiger partial charge in [0.1, 0.15) is 0 Å². The molecule has 1 N–H and O–H groups in total. The average Bonchev–Trinajstić information content (AvgIpc) is 2.47. The highest BCUT2D eigenvalue weighted by molar-refractivity contribution is 5.52. The van der Waals surface area contributed by atoms with E-state index in [0.717, 1.165) is 17.2 Å². The second-order valence-corrected chi connectivity index (χ2v) is 4.53. The van der Waals surface area contributed by atoms with Gasteiger partial charge >= 0.3 is 5.69 Å². The van der Waals surface area contributed by atoms with Crippen molar-refractivity contribution in [1.82, 2.24) is 0 Å². The Bertz CT molecular complexity index is 647. The van der Waals surface area contributed by atoms with Crippen molar-refractivity contribution < 1.29 is 14.1 Å². The minimum Gasteiger partial charge on any atom is -0.381 e. The van der Waals surface area contributed by atoms with Gasteiger partial charge in [0.2, 0.25) is 5.82 Å². The fourth-order valence-electron chi connectivity index (χ4n) is 1.96. The molecule has 0 atom stereocenters. The van der Waals surface area contributed by atoms with Crippen molar-refractivity contribution in [3.05, 3.63) is 69.5 Å². The number of ether oxygens (including phenoxy) is 1. The van der Waals surface area contributed by atoms with Gasteiger partial charge in [-0.15, -0.1) is 0 Å². The van der Waals surface area contributed by atoms with E-state index >= 15 is 0 Å². The summed E-state index contributed by atoms with van der Waals surface area (Å²) >= 11 is 0. The highest BCUT2D eigenvalue weighted by Gasteiger charge is 2.14. The first-order valence-electron chi connectivity index (χ1n) is 6.34. The number of halogens is 1. The Kier molecular flexibility index (Phi) is 4.84. The molecule has 0 bridgehead atoms. The van der Waals surface area contributed by atoms with Gasteiger partial charge < -0.3 is 10.1 Å². The lowest BCUT2D eigenvalue weighted by Crippen LogP contribution is -2.02. The third kappa shape index (κ3) is 4.00. The van der Waals surface area contributed by atoms with Crippen LogP contribution in [0.25, 0.3) is 0 Å². The third-order valence-electron chi connectivity index (χ3n) is 2.94. The predicted octanol–water partition coefficient (Wildman–Crippen LogP) is 3.49. The first-order valence-corrected chi connectivity index (χ1v) is 6.34. The van der Waals surface area contributed by atoms with Crippen LogP contribution in [0.2, 0.25) is 0 Å². The molecule has 0 saturated carbocycles. The number of anilines is 1. The molecule has 0 fully saturated rings. The Morgan fingerprint density at radius 2 is 2.00 bits per heavy atom. The largest absolute Gasteiger partial charge is 0.381 e. The van der Waals surface area contributed by atoms with Crippen LogP contribution in [0.1, 0.15) is 11.1 Å². The first-order chi connectivity index (χ1) is 10.1. The second kappa shape index (κ2) is 6.81. The van der Waals surface area contributed by atoms with Crippen LogP contribution in [-0.2, 0) is 17.9 Å². The summed E-state index contributed by atoms with van der Waals surface area (Å²) in [5, 5.41) is 13.7. The van der Waals surface area contributed by atoms with Crippen LogP contribution in [0.5, 0.6) is 0 Å². The fourth-order valence-corrected chi connectivity index (χ4v) is 1.96. The molecule has 0 saturated heterocycles. The minimum absolute atomic E-state index is 0.486. The molecule has 21 heavy (non-hydrogen) atoms. The molecule has 0 aliphatic carbocycles. The number of methoxy groups -OCH3 is 1. The van der Waals surface area contributed by atoms with E-state index in [2.05, 4.69) is 5.32 Å². The fraction of sp³-hybridized carbons (Fsp3) is 0.200. The molecule has 2 aromatic carbocycles. The molecule has 0 amide bonds. The number of hydrogen-bond acceptors (Lipinski definition) is 4. The molecule has 5 nitrogen and oxygen atoms in total. The monoisotopic (exact) mass is 290 g/mol. The highest BCUT2D eigenvalue weighted by atomic mass is 19.1. The van der Waals surface area contributed by atoms with Gasteiger partial charge in [0.25, 0.3) is 0 Å². The summed E-state index contributed by atoms with van der Waals surface area (Å²) in [4.78, 5) is 9.95. The molecule has 110 valence electrons. The lowest BCUT2D eigenvalue weighted by Gasteiger charge is -2.08. The zero-order chi connectivity index (χ0) is 15.2. The summed E-state index contributed by atoms with van der Waals surface area (Å²) in [6, 6.07) is 11.5. The van der Waals surface area contributed by atoms with Gasteiger partial charge in [0.05, 0.1) is 11.5 Å². The molecular formula is C15H15FN2O3. The van der Waals surface area contributed by atoms with Gasteiger partial charge in [-0.25, -0.2) is 0 Å². The van der Waals surface area contributed by atoms with Gasteiger partial charge in [-0.05, 0) is 23.3 Å². The lowest BCUT2D eigenvalue weighted by molar-refractivity contribution is -0.387. The number of nitrogens with one attached hydrogen (secondary N) is 1. The third-order valence-corrected chi connectivity index (χ3v) is 2.94. The van der Waals surface area contributed by atoms with Crippen LogP contribution in [0.3, 0.4) is 0 Å². The van der Waals surface area contributed by atoms with E-state index in [0.29, 0.717) is 18.8 Å². The SMILES string of the molecule is COCc1cccc(CNc2ccc(F)c([N+](=O)[O-])c2)c1. The molecule has 2 aromatic rings. The summed E-state index contributed by atoms with van der Waals surface area (Å²) in [5.74, 6) is -0.840. The van der Waals surface area contributed by atoms with Crippen molar-refractivity contribution in [2.24, 2.45) is 0 Å². The van der Waals surface area contributed by atoms with E-state index in [4.69, 9.17) is 4.74 Å². The molecule has 0 aliphatic heterocycles. The Hall–Kier alpha value is -2.47. The molecule has 0 radical (unpaired) electrons. The van der Waals surface area contributed by atoms with Crippen LogP contribution in [-0.4, -0.2) is 12.0 Å². The van der Waals surface area contributed by atoms with Crippen molar-refractivity contribution in [1.29, 1.82) is 0 Å². The van der Waals surface area contributed by atoms with Crippen LogP contribution in [0, 0.1) is 15.9 Å².